The predicted molar refractivity (Wildman–Crippen MR) is 75.1 cm³/mol. The van der Waals surface area contributed by atoms with E-state index in [1.165, 1.54) is 11.6 Å². The summed E-state index contributed by atoms with van der Waals surface area (Å²) in [7, 11) is 0. The molecule has 2 aromatic carbocycles. The molecule has 0 aliphatic heterocycles. The second-order valence-electron chi connectivity index (χ2n) is 3.46. The average Bonchev–Trinajstić information content (AvgIpc) is 2.32. The molecule has 0 aliphatic rings. The van der Waals surface area contributed by atoms with Gasteiger partial charge < -0.3 is 0 Å². The normalized spacial score (nSPS) is 10.5. The van der Waals surface area contributed by atoms with E-state index in [4.69, 9.17) is 11.6 Å². The second-order valence-corrected chi connectivity index (χ2v) is 5.77. The van der Waals surface area contributed by atoms with Crippen molar-refractivity contribution in [3.8, 4) is 0 Å². The summed E-state index contributed by atoms with van der Waals surface area (Å²) in [6.45, 7) is 0. The van der Waals surface area contributed by atoms with Crippen LogP contribution in [0, 0.1) is 5.82 Å². The third-order valence-electron chi connectivity index (χ3n) is 2.24. The first-order valence-electron chi connectivity index (χ1n) is 4.98. The van der Waals surface area contributed by atoms with E-state index in [9.17, 15) is 4.39 Å². The Labute approximate surface area is 117 Å². The van der Waals surface area contributed by atoms with Gasteiger partial charge in [0.2, 0.25) is 0 Å². The molecule has 17 heavy (non-hydrogen) atoms. The van der Waals surface area contributed by atoms with Crippen LogP contribution in [0.25, 0.3) is 0 Å². The van der Waals surface area contributed by atoms with Crippen LogP contribution in [-0.2, 0) is 5.75 Å². The van der Waals surface area contributed by atoms with Gasteiger partial charge in [0.25, 0.3) is 0 Å². The summed E-state index contributed by atoms with van der Waals surface area (Å²) < 4.78 is 14.1. The zero-order valence-corrected chi connectivity index (χ0v) is 11.9. The fraction of sp³-hybridized carbons (Fsp3) is 0.0769. The second kappa shape index (κ2) is 5.89. The molecule has 4 heteroatoms. The number of hydrogen-bond acceptors (Lipinski definition) is 1. The van der Waals surface area contributed by atoms with Gasteiger partial charge in [-0.15, -0.1) is 11.8 Å². The molecule has 0 radical (unpaired) electrons. The molecule has 0 aromatic heterocycles. The quantitative estimate of drug-likeness (QED) is 0.666. The molecule has 0 aliphatic carbocycles. The number of benzene rings is 2. The monoisotopic (exact) mass is 330 g/mol. The van der Waals surface area contributed by atoms with Gasteiger partial charge in [-0.2, -0.15) is 0 Å². The maximum atomic E-state index is 13.0. The van der Waals surface area contributed by atoms with Crippen LogP contribution in [0.5, 0.6) is 0 Å². The van der Waals surface area contributed by atoms with Crippen LogP contribution >= 0.6 is 39.3 Å². The molecule has 0 heterocycles. The van der Waals surface area contributed by atoms with Crippen LogP contribution < -0.4 is 0 Å². The van der Waals surface area contributed by atoms with Gasteiger partial charge in [0.1, 0.15) is 5.82 Å². The van der Waals surface area contributed by atoms with Gasteiger partial charge in [-0.3, -0.25) is 0 Å². The lowest BCUT2D eigenvalue weighted by Gasteiger charge is -2.05. The molecule has 2 aromatic rings. The van der Waals surface area contributed by atoms with Gasteiger partial charge in [-0.25, -0.2) is 4.39 Å². The van der Waals surface area contributed by atoms with Gasteiger partial charge >= 0.3 is 0 Å². The number of halogens is 3. The Balaban J connectivity index is 2.08. The topological polar surface area (TPSA) is 0 Å². The van der Waals surface area contributed by atoms with Gasteiger partial charge in [0, 0.05) is 15.1 Å². The Morgan fingerprint density at radius 3 is 2.65 bits per heavy atom. The van der Waals surface area contributed by atoms with E-state index in [0.717, 1.165) is 15.1 Å². The Morgan fingerprint density at radius 2 is 1.94 bits per heavy atom. The van der Waals surface area contributed by atoms with E-state index < -0.39 is 0 Å². The maximum absolute atomic E-state index is 13.0. The summed E-state index contributed by atoms with van der Waals surface area (Å²) in [5.41, 5.74) is 1.21. The molecule has 0 amide bonds. The molecule has 0 atom stereocenters. The molecule has 88 valence electrons. The Hall–Kier alpha value is -0.510. The molecule has 0 unspecified atom stereocenters. The lowest BCUT2D eigenvalue weighted by atomic mass is 10.2. The highest BCUT2D eigenvalue weighted by molar-refractivity contribution is 9.10. The van der Waals surface area contributed by atoms with Crippen molar-refractivity contribution in [2.75, 3.05) is 0 Å². The smallest absolute Gasteiger partial charge is 0.141 e. The summed E-state index contributed by atoms with van der Waals surface area (Å²) >= 11 is 10.9. The lowest BCUT2D eigenvalue weighted by molar-refractivity contribution is 0.627. The van der Waals surface area contributed by atoms with Crippen molar-refractivity contribution < 1.29 is 4.39 Å². The average molecular weight is 332 g/mol. The van der Waals surface area contributed by atoms with Crippen LogP contribution in [0.3, 0.4) is 0 Å². The fourth-order valence-electron chi connectivity index (χ4n) is 1.34. The first kappa shape index (κ1) is 12.9. The molecule has 0 bridgehead atoms. The molecule has 0 saturated carbocycles. The SMILES string of the molecule is Fc1ccc(SCc2ccccc2Br)cc1Cl. The third kappa shape index (κ3) is 3.47. The minimum Gasteiger partial charge on any atom is -0.205 e. The van der Waals surface area contributed by atoms with Crippen molar-refractivity contribution in [2.24, 2.45) is 0 Å². The predicted octanol–water partition coefficient (Wildman–Crippen LogP) is 5.53. The summed E-state index contributed by atoms with van der Waals surface area (Å²) in [5.74, 6) is 0.445. The summed E-state index contributed by atoms with van der Waals surface area (Å²) in [6.07, 6.45) is 0. The molecular formula is C13H9BrClFS. The van der Waals surface area contributed by atoms with Crippen LogP contribution in [0.1, 0.15) is 5.56 Å². The van der Waals surface area contributed by atoms with E-state index in [-0.39, 0.29) is 10.8 Å². The highest BCUT2D eigenvalue weighted by Gasteiger charge is 2.03. The largest absolute Gasteiger partial charge is 0.205 e. The van der Waals surface area contributed by atoms with Crippen LogP contribution in [0.4, 0.5) is 4.39 Å². The minimum absolute atomic E-state index is 0.169. The molecule has 0 N–H and O–H groups in total. The van der Waals surface area contributed by atoms with E-state index >= 15 is 0 Å². The summed E-state index contributed by atoms with van der Waals surface area (Å²) in [6, 6.07) is 12.8. The number of thioether (sulfide) groups is 1. The van der Waals surface area contributed by atoms with E-state index in [2.05, 4.69) is 22.0 Å². The number of hydrogen-bond donors (Lipinski definition) is 0. The fourth-order valence-corrected chi connectivity index (χ4v) is 3.14. The molecule has 0 spiro atoms. The van der Waals surface area contributed by atoms with Gasteiger partial charge in [-0.1, -0.05) is 45.7 Å². The highest BCUT2D eigenvalue weighted by atomic mass is 79.9. The van der Waals surface area contributed by atoms with Crippen molar-refractivity contribution in [1.29, 1.82) is 0 Å². The first-order chi connectivity index (χ1) is 8.16. The van der Waals surface area contributed by atoms with Crippen molar-refractivity contribution in [2.45, 2.75) is 10.6 Å². The maximum Gasteiger partial charge on any atom is 0.141 e. The van der Waals surface area contributed by atoms with Crippen molar-refractivity contribution in [3.05, 3.63) is 63.3 Å². The van der Waals surface area contributed by atoms with E-state index in [0.29, 0.717) is 0 Å². The van der Waals surface area contributed by atoms with Gasteiger partial charge in [0.05, 0.1) is 5.02 Å². The highest BCUT2D eigenvalue weighted by Crippen LogP contribution is 2.29. The molecule has 0 fully saturated rings. The zero-order chi connectivity index (χ0) is 12.3. The summed E-state index contributed by atoms with van der Waals surface area (Å²) in [4.78, 5) is 0.965. The molecule has 2 rings (SSSR count). The van der Waals surface area contributed by atoms with Crippen LogP contribution in [0.15, 0.2) is 51.8 Å². The van der Waals surface area contributed by atoms with Gasteiger partial charge in [0.15, 0.2) is 0 Å². The molecule has 0 nitrogen and oxygen atoms in total. The Morgan fingerprint density at radius 1 is 1.18 bits per heavy atom. The zero-order valence-electron chi connectivity index (χ0n) is 8.79. The minimum atomic E-state index is -0.378. The van der Waals surface area contributed by atoms with Gasteiger partial charge in [-0.05, 0) is 29.8 Å². The summed E-state index contributed by atoms with van der Waals surface area (Å²) in [5, 5.41) is 0.169. The van der Waals surface area contributed by atoms with Crippen molar-refractivity contribution >= 4 is 39.3 Å². The van der Waals surface area contributed by atoms with E-state index in [1.807, 2.05) is 18.2 Å². The third-order valence-corrected chi connectivity index (χ3v) is 4.35. The molecular weight excluding hydrogens is 323 g/mol. The standard InChI is InChI=1S/C13H9BrClFS/c14-11-4-2-1-3-9(11)8-17-10-5-6-13(16)12(15)7-10/h1-7H,8H2. The molecule has 0 saturated heterocycles. The number of rotatable bonds is 3. The Kier molecular flexibility index (Phi) is 4.48. The van der Waals surface area contributed by atoms with Crippen molar-refractivity contribution in [3.63, 3.8) is 0 Å². The first-order valence-corrected chi connectivity index (χ1v) is 7.14. The van der Waals surface area contributed by atoms with E-state index in [1.54, 1.807) is 23.9 Å². The lowest BCUT2D eigenvalue weighted by Crippen LogP contribution is -1.83. The van der Waals surface area contributed by atoms with Crippen molar-refractivity contribution in [1.82, 2.24) is 0 Å². The Bertz CT molecular complexity index is 531. The van der Waals surface area contributed by atoms with Crippen LogP contribution in [-0.4, -0.2) is 0 Å². The van der Waals surface area contributed by atoms with Crippen LogP contribution in [0.2, 0.25) is 5.02 Å².